The van der Waals surface area contributed by atoms with Crippen molar-refractivity contribution < 1.29 is 9.53 Å². The van der Waals surface area contributed by atoms with E-state index in [0.717, 1.165) is 25.9 Å². The largest absolute Gasteiger partial charge is 0.444 e. The number of aryl methyl sites for hydroxylation is 1. The average Bonchev–Trinajstić information content (AvgIpc) is 2.42. The Labute approximate surface area is 146 Å². The first-order valence-electron chi connectivity index (χ1n) is 7.75. The third kappa shape index (κ3) is 5.04. The number of benzene rings is 1. The van der Waals surface area contributed by atoms with Gasteiger partial charge in [0.15, 0.2) is 0 Å². The zero-order chi connectivity index (χ0) is 16.3. The molecule has 4 nitrogen and oxygen atoms in total. The predicted octanol–water partition coefficient (Wildman–Crippen LogP) is 4.41. The summed E-state index contributed by atoms with van der Waals surface area (Å²) >= 11 is 2.33. The minimum Gasteiger partial charge on any atom is -0.444 e. The van der Waals surface area contributed by atoms with Gasteiger partial charge in [0, 0.05) is 28.4 Å². The van der Waals surface area contributed by atoms with E-state index >= 15 is 0 Å². The Morgan fingerprint density at radius 1 is 1.32 bits per heavy atom. The summed E-state index contributed by atoms with van der Waals surface area (Å²) in [6, 6.07) is 6.85. The third-order valence-corrected chi connectivity index (χ3v) is 4.38. The Morgan fingerprint density at radius 3 is 2.55 bits per heavy atom. The van der Waals surface area contributed by atoms with Crippen LogP contribution in [0.1, 0.15) is 39.2 Å². The molecule has 1 fully saturated rings. The van der Waals surface area contributed by atoms with Crippen LogP contribution < -0.4 is 5.32 Å². The van der Waals surface area contributed by atoms with E-state index < -0.39 is 5.60 Å². The zero-order valence-corrected chi connectivity index (χ0v) is 15.9. The van der Waals surface area contributed by atoms with Gasteiger partial charge in [0.05, 0.1) is 0 Å². The van der Waals surface area contributed by atoms with Gasteiger partial charge in [0.2, 0.25) is 0 Å². The number of hydrogen-bond donors (Lipinski definition) is 1. The molecule has 1 amide bonds. The summed E-state index contributed by atoms with van der Waals surface area (Å²) in [6.45, 7) is 9.32. The second kappa shape index (κ2) is 7.06. The molecule has 1 aromatic rings. The Kier molecular flexibility index (Phi) is 5.58. The maximum atomic E-state index is 12.1. The van der Waals surface area contributed by atoms with Crippen LogP contribution in [-0.2, 0) is 4.74 Å². The van der Waals surface area contributed by atoms with Crippen molar-refractivity contribution in [1.82, 2.24) is 4.90 Å². The van der Waals surface area contributed by atoms with Crippen LogP contribution in [0, 0.1) is 10.5 Å². The number of nitrogens with zero attached hydrogens (tertiary/aromatic N) is 1. The Bertz CT molecular complexity index is 532. The fraction of sp³-hybridized carbons (Fsp3) is 0.588. The minimum atomic E-state index is -0.427. The van der Waals surface area contributed by atoms with Gasteiger partial charge < -0.3 is 15.0 Å². The molecule has 0 saturated carbocycles. The van der Waals surface area contributed by atoms with E-state index in [1.54, 1.807) is 0 Å². The van der Waals surface area contributed by atoms with E-state index in [2.05, 4.69) is 53.0 Å². The molecular formula is C17H25IN2O2. The summed E-state index contributed by atoms with van der Waals surface area (Å²) in [5.74, 6) is 0. The van der Waals surface area contributed by atoms with Gasteiger partial charge in [-0.1, -0.05) is 6.07 Å². The van der Waals surface area contributed by atoms with Gasteiger partial charge in [0.1, 0.15) is 5.60 Å². The number of nitrogens with one attached hydrogen (secondary N) is 1. The van der Waals surface area contributed by atoms with Crippen molar-refractivity contribution in [1.29, 1.82) is 0 Å². The number of carbonyl (C=O) groups is 1. The van der Waals surface area contributed by atoms with E-state index in [0.29, 0.717) is 6.04 Å². The third-order valence-electron chi connectivity index (χ3n) is 3.71. The summed E-state index contributed by atoms with van der Waals surface area (Å²) in [5, 5.41) is 3.61. The molecule has 1 saturated heterocycles. The topological polar surface area (TPSA) is 41.6 Å². The highest BCUT2D eigenvalue weighted by Gasteiger charge is 2.26. The summed E-state index contributed by atoms with van der Waals surface area (Å²) in [4.78, 5) is 13.9. The highest BCUT2D eigenvalue weighted by Crippen LogP contribution is 2.23. The zero-order valence-electron chi connectivity index (χ0n) is 13.8. The molecule has 0 aliphatic carbocycles. The SMILES string of the molecule is Cc1ccc(I)cc1NC1CCN(C(=O)OC(C)(C)C)CC1. The van der Waals surface area contributed by atoms with Crippen LogP contribution in [0.2, 0.25) is 0 Å². The van der Waals surface area contributed by atoms with Gasteiger partial charge in [-0.2, -0.15) is 0 Å². The molecule has 5 heteroatoms. The van der Waals surface area contributed by atoms with Gasteiger partial charge in [-0.15, -0.1) is 0 Å². The van der Waals surface area contributed by atoms with E-state index in [1.807, 2.05) is 25.7 Å². The first-order chi connectivity index (χ1) is 10.2. The van der Waals surface area contributed by atoms with E-state index in [4.69, 9.17) is 4.74 Å². The molecule has 0 bridgehead atoms. The lowest BCUT2D eigenvalue weighted by Crippen LogP contribution is -2.44. The van der Waals surface area contributed by atoms with E-state index in [-0.39, 0.29) is 6.09 Å². The summed E-state index contributed by atoms with van der Waals surface area (Å²) in [6.07, 6.45) is 1.70. The number of halogens is 1. The van der Waals surface area contributed by atoms with E-state index in [1.165, 1.54) is 14.8 Å². The minimum absolute atomic E-state index is 0.198. The molecule has 22 heavy (non-hydrogen) atoms. The van der Waals surface area contributed by atoms with Crippen LogP contribution in [0.25, 0.3) is 0 Å². The van der Waals surface area contributed by atoms with Gasteiger partial charge in [-0.25, -0.2) is 4.79 Å². The van der Waals surface area contributed by atoms with Crippen LogP contribution in [0.3, 0.4) is 0 Å². The van der Waals surface area contributed by atoms with Gasteiger partial charge >= 0.3 is 6.09 Å². The number of hydrogen-bond acceptors (Lipinski definition) is 3. The molecular weight excluding hydrogens is 391 g/mol. The molecule has 2 rings (SSSR count). The molecule has 0 radical (unpaired) electrons. The maximum Gasteiger partial charge on any atom is 0.410 e. The Balaban J connectivity index is 1.87. The lowest BCUT2D eigenvalue weighted by atomic mass is 10.0. The first-order valence-corrected chi connectivity index (χ1v) is 8.83. The highest BCUT2D eigenvalue weighted by atomic mass is 127. The van der Waals surface area contributed by atoms with Crippen molar-refractivity contribution in [3.63, 3.8) is 0 Å². The summed E-state index contributed by atoms with van der Waals surface area (Å²) in [5.41, 5.74) is 2.03. The van der Waals surface area contributed by atoms with Crippen LogP contribution in [0.5, 0.6) is 0 Å². The second-order valence-electron chi connectivity index (χ2n) is 6.85. The molecule has 0 aromatic heterocycles. The highest BCUT2D eigenvalue weighted by molar-refractivity contribution is 14.1. The number of carbonyl (C=O) groups excluding carboxylic acids is 1. The molecule has 1 N–H and O–H groups in total. The quantitative estimate of drug-likeness (QED) is 0.727. The molecule has 0 unspecified atom stereocenters. The number of amides is 1. The van der Waals surface area contributed by atoms with Crippen LogP contribution in [0.15, 0.2) is 18.2 Å². The monoisotopic (exact) mass is 416 g/mol. The number of piperidine rings is 1. The van der Waals surface area contributed by atoms with E-state index in [9.17, 15) is 4.79 Å². The number of ether oxygens (including phenoxy) is 1. The molecule has 1 aromatic carbocycles. The lowest BCUT2D eigenvalue weighted by molar-refractivity contribution is 0.0210. The van der Waals surface area contributed by atoms with Crippen molar-refractivity contribution in [3.8, 4) is 0 Å². The molecule has 1 aliphatic rings. The standard InChI is InChI=1S/C17H25IN2O2/c1-12-5-6-13(18)11-15(12)19-14-7-9-20(10-8-14)16(21)22-17(2,3)4/h5-6,11,14,19H,7-10H2,1-4H3. The fourth-order valence-corrected chi connectivity index (χ4v) is 2.99. The van der Waals surface area contributed by atoms with Crippen molar-refractivity contribution in [3.05, 3.63) is 27.3 Å². The van der Waals surface area contributed by atoms with Gasteiger partial charge in [-0.05, 0) is 80.8 Å². The first kappa shape index (κ1) is 17.4. The van der Waals surface area contributed by atoms with Crippen molar-refractivity contribution in [2.75, 3.05) is 18.4 Å². The van der Waals surface area contributed by atoms with Crippen LogP contribution in [0.4, 0.5) is 10.5 Å². The number of rotatable bonds is 2. The average molecular weight is 416 g/mol. The number of anilines is 1. The fourth-order valence-electron chi connectivity index (χ4n) is 2.50. The van der Waals surface area contributed by atoms with Crippen molar-refractivity contribution >= 4 is 34.4 Å². The van der Waals surface area contributed by atoms with Crippen molar-refractivity contribution in [2.24, 2.45) is 0 Å². The van der Waals surface area contributed by atoms with Crippen LogP contribution >= 0.6 is 22.6 Å². The summed E-state index contributed by atoms with van der Waals surface area (Å²) < 4.78 is 6.66. The lowest BCUT2D eigenvalue weighted by Gasteiger charge is -2.34. The molecule has 1 aliphatic heterocycles. The van der Waals surface area contributed by atoms with Crippen LogP contribution in [-0.4, -0.2) is 35.7 Å². The molecule has 0 atom stereocenters. The van der Waals surface area contributed by atoms with Gasteiger partial charge in [0.25, 0.3) is 0 Å². The Hall–Kier alpha value is -0.980. The predicted molar refractivity (Wildman–Crippen MR) is 98.3 cm³/mol. The molecule has 0 spiro atoms. The molecule has 122 valence electrons. The van der Waals surface area contributed by atoms with Gasteiger partial charge in [-0.3, -0.25) is 0 Å². The Morgan fingerprint density at radius 2 is 1.95 bits per heavy atom. The van der Waals surface area contributed by atoms with Crippen molar-refractivity contribution in [2.45, 2.75) is 52.2 Å². The molecule has 1 heterocycles. The normalized spacial score (nSPS) is 16.5. The maximum absolute atomic E-state index is 12.1. The smallest absolute Gasteiger partial charge is 0.410 e. The number of likely N-dealkylation sites (tertiary alicyclic amines) is 1. The summed E-state index contributed by atoms with van der Waals surface area (Å²) in [7, 11) is 0. The second-order valence-corrected chi connectivity index (χ2v) is 8.09.